The first-order valence-corrected chi connectivity index (χ1v) is 11.2. The molecule has 2 aromatic rings. The summed E-state index contributed by atoms with van der Waals surface area (Å²) >= 11 is 7.00. The molecule has 0 spiro atoms. The van der Waals surface area contributed by atoms with Gasteiger partial charge in [-0.05, 0) is 49.6 Å². The highest BCUT2D eigenvalue weighted by molar-refractivity contribution is 8.00. The van der Waals surface area contributed by atoms with E-state index in [1.165, 1.54) is 18.2 Å². The minimum absolute atomic E-state index is 0.00490. The Hall–Kier alpha value is -3.11. The molecule has 0 radical (unpaired) electrons. The molecule has 0 unspecified atom stereocenters. The van der Waals surface area contributed by atoms with E-state index in [4.69, 9.17) is 17.3 Å². The number of halogens is 1. The Morgan fingerprint density at radius 3 is 2.50 bits per heavy atom. The van der Waals surface area contributed by atoms with Crippen LogP contribution in [0.25, 0.3) is 0 Å². The minimum Gasteiger partial charge on any atom is -0.366 e. The van der Waals surface area contributed by atoms with Crippen LogP contribution < -0.4 is 11.1 Å². The summed E-state index contributed by atoms with van der Waals surface area (Å²) in [7, 11) is 0. The lowest BCUT2D eigenvalue weighted by molar-refractivity contribution is -0.387. The van der Waals surface area contributed by atoms with Gasteiger partial charge in [0.2, 0.25) is 11.8 Å². The zero-order valence-corrected chi connectivity index (χ0v) is 18.6. The zero-order chi connectivity index (χ0) is 23.3. The Morgan fingerprint density at radius 2 is 1.84 bits per heavy atom. The smallest absolute Gasteiger partial charge is 0.283 e. The average molecular weight is 477 g/mol. The number of thioether (sulfide) groups is 1. The van der Waals surface area contributed by atoms with Crippen molar-refractivity contribution in [2.24, 2.45) is 5.73 Å². The van der Waals surface area contributed by atoms with Crippen LogP contribution in [0.15, 0.2) is 41.3 Å². The van der Waals surface area contributed by atoms with E-state index < -0.39 is 16.7 Å². The number of carbonyl (C=O) groups excluding carboxylic acids is 3. The summed E-state index contributed by atoms with van der Waals surface area (Å²) < 4.78 is 0. The summed E-state index contributed by atoms with van der Waals surface area (Å²) in [6.07, 6.45) is 2.95. The van der Waals surface area contributed by atoms with Crippen LogP contribution in [-0.4, -0.2) is 46.4 Å². The summed E-state index contributed by atoms with van der Waals surface area (Å²) in [6, 6.07) is 8.49. The Bertz CT molecular complexity index is 1070. The van der Waals surface area contributed by atoms with E-state index in [1.807, 2.05) is 0 Å². The number of nitrogens with one attached hydrogen (secondary N) is 1. The number of nitrogens with two attached hydrogens (primary N) is 1. The third-order valence-corrected chi connectivity index (χ3v) is 6.23. The van der Waals surface area contributed by atoms with E-state index in [0.717, 1.165) is 37.1 Å². The van der Waals surface area contributed by atoms with Gasteiger partial charge < -0.3 is 16.0 Å². The van der Waals surface area contributed by atoms with Crippen molar-refractivity contribution in [1.82, 2.24) is 4.90 Å². The molecule has 1 aliphatic heterocycles. The molecular formula is C21H21ClN4O5S. The van der Waals surface area contributed by atoms with E-state index in [2.05, 4.69) is 5.32 Å². The van der Waals surface area contributed by atoms with E-state index in [0.29, 0.717) is 23.7 Å². The number of hydrogen-bond acceptors (Lipinski definition) is 6. The third kappa shape index (κ3) is 5.77. The lowest BCUT2D eigenvalue weighted by atomic mass is 10.1. The van der Waals surface area contributed by atoms with Crippen molar-refractivity contribution in [3.05, 3.63) is 62.7 Å². The molecule has 3 N–H and O–H groups in total. The molecule has 3 rings (SSSR count). The normalized spacial score (nSPS) is 13.5. The number of amides is 3. The van der Waals surface area contributed by atoms with Gasteiger partial charge in [-0.2, -0.15) is 0 Å². The maximum atomic E-state index is 12.9. The molecule has 168 valence electrons. The number of nitrogens with zero attached hydrogens (tertiary/aromatic N) is 2. The molecule has 1 heterocycles. The number of rotatable bonds is 7. The lowest BCUT2D eigenvalue weighted by Crippen LogP contribution is -2.36. The van der Waals surface area contributed by atoms with Gasteiger partial charge in [0, 0.05) is 29.7 Å². The standard InChI is InChI=1S/C21H21ClN4O5S/c22-14-5-6-15(21(29)25-8-2-1-3-9-25)16(11-14)24-19(27)12-32-18-7-4-13(20(23)28)10-17(18)26(30)31/h4-7,10-11H,1-3,8-9,12H2,(H2,23,28)(H,24,27). The number of piperidine rings is 1. The fourth-order valence-corrected chi connectivity index (χ4v) is 4.32. The topological polar surface area (TPSA) is 136 Å². The van der Waals surface area contributed by atoms with Gasteiger partial charge >= 0.3 is 0 Å². The highest BCUT2D eigenvalue weighted by Crippen LogP contribution is 2.31. The highest BCUT2D eigenvalue weighted by atomic mass is 35.5. The van der Waals surface area contributed by atoms with Crippen LogP contribution >= 0.6 is 23.4 Å². The molecule has 1 fully saturated rings. The molecule has 0 saturated carbocycles. The number of primary amides is 1. The Balaban J connectivity index is 1.73. The van der Waals surface area contributed by atoms with E-state index in [1.54, 1.807) is 17.0 Å². The van der Waals surface area contributed by atoms with Crippen molar-refractivity contribution in [1.29, 1.82) is 0 Å². The zero-order valence-electron chi connectivity index (χ0n) is 17.0. The molecule has 32 heavy (non-hydrogen) atoms. The van der Waals surface area contributed by atoms with Crippen molar-refractivity contribution in [2.75, 3.05) is 24.2 Å². The summed E-state index contributed by atoms with van der Waals surface area (Å²) in [6.45, 7) is 1.32. The molecule has 1 saturated heterocycles. The van der Waals surface area contributed by atoms with E-state index in [9.17, 15) is 24.5 Å². The largest absolute Gasteiger partial charge is 0.366 e. The molecule has 3 amide bonds. The van der Waals surface area contributed by atoms with Crippen LogP contribution in [0.2, 0.25) is 5.02 Å². The molecular weight excluding hydrogens is 456 g/mol. The number of carbonyl (C=O) groups is 3. The number of nitro groups is 1. The van der Waals surface area contributed by atoms with Gasteiger partial charge in [-0.15, -0.1) is 11.8 Å². The van der Waals surface area contributed by atoms with Crippen LogP contribution in [0.5, 0.6) is 0 Å². The van der Waals surface area contributed by atoms with Crippen LogP contribution in [0.1, 0.15) is 40.0 Å². The summed E-state index contributed by atoms with van der Waals surface area (Å²) in [5.41, 5.74) is 5.49. The van der Waals surface area contributed by atoms with Crippen molar-refractivity contribution < 1.29 is 19.3 Å². The van der Waals surface area contributed by atoms with E-state index in [-0.39, 0.29) is 33.5 Å². The Morgan fingerprint density at radius 1 is 1.12 bits per heavy atom. The minimum atomic E-state index is -0.783. The van der Waals surface area contributed by atoms with Crippen molar-refractivity contribution >= 4 is 52.5 Å². The first kappa shape index (κ1) is 23.6. The van der Waals surface area contributed by atoms with Crippen molar-refractivity contribution in [3.63, 3.8) is 0 Å². The number of benzene rings is 2. The summed E-state index contributed by atoms with van der Waals surface area (Å²) in [4.78, 5) is 49.4. The molecule has 11 heteroatoms. The average Bonchev–Trinajstić information content (AvgIpc) is 2.77. The first-order chi connectivity index (χ1) is 15.3. The number of hydrogen-bond donors (Lipinski definition) is 2. The highest BCUT2D eigenvalue weighted by Gasteiger charge is 2.22. The van der Waals surface area contributed by atoms with Gasteiger partial charge in [0.15, 0.2) is 0 Å². The summed E-state index contributed by atoms with van der Waals surface area (Å²) in [5.74, 6) is -1.57. The van der Waals surface area contributed by atoms with Gasteiger partial charge in [-0.3, -0.25) is 24.5 Å². The molecule has 0 bridgehead atoms. The SMILES string of the molecule is NC(=O)c1ccc(SCC(=O)Nc2cc(Cl)ccc2C(=O)N2CCCCC2)c([N+](=O)[O-])c1. The third-order valence-electron chi connectivity index (χ3n) is 4.93. The maximum Gasteiger partial charge on any atom is 0.283 e. The fourth-order valence-electron chi connectivity index (χ4n) is 3.34. The fraction of sp³-hybridized carbons (Fsp3) is 0.286. The van der Waals surface area contributed by atoms with Gasteiger partial charge in [-0.25, -0.2) is 0 Å². The monoisotopic (exact) mass is 476 g/mol. The number of nitro benzene ring substituents is 1. The van der Waals surface area contributed by atoms with Gasteiger partial charge in [0.1, 0.15) is 0 Å². The Labute approximate surface area is 193 Å². The van der Waals surface area contributed by atoms with Crippen LogP contribution in [0.3, 0.4) is 0 Å². The van der Waals surface area contributed by atoms with E-state index >= 15 is 0 Å². The predicted molar refractivity (Wildman–Crippen MR) is 122 cm³/mol. The number of likely N-dealkylation sites (tertiary alicyclic amines) is 1. The quantitative estimate of drug-likeness (QED) is 0.355. The van der Waals surface area contributed by atoms with Crippen molar-refractivity contribution in [3.8, 4) is 0 Å². The Kier molecular flexibility index (Phi) is 7.70. The van der Waals surface area contributed by atoms with Gasteiger partial charge in [-0.1, -0.05) is 11.6 Å². The van der Waals surface area contributed by atoms with Crippen LogP contribution in [-0.2, 0) is 4.79 Å². The van der Waals surface area contributed by atoms with Crippen LogP contribution in [0.4, 0.5) is 11.4 Å². The predicted octanol–water partition coefficient (Wildman–Crippen LogP) is 3.70. The molecule has 0 aliphatic carbocycles. The van der Waals surface area contributed by atoms with Crippen molar-refractivity contribution in [2.45, 2.75) is 24.2 Å². The first-order valence-electron chi connectivity index (χ1n) is 9.86. The molecule has 0 aromatic heterocycles. The van der Waals surface area contributed by atoms with Gasteiger partial charge in [0.25, 0.3) is 11.6 Å². The molecule has 9 nitrogen and oxygen atoms in total. The summed E-state index contributed by atoms with van der Waals surface area (Å²) in [5, 5.41) is 14.4. The molecule has 2 aromatic carbocycles. The number of anilines is 1. The lowest BCUT2D eigenvalue weighted by Gasteiger charge is -2.27. The van der Waals surface area contributed by atoms with Crippen LogP contribution in [0, 0.1) is 10.1 Å². The molecule has 1 aliphatic rings. The maximum absolute atomic E-state index is 12.9. The second-order valence-corrected chi connectivity index (χ2v) is 8.64. The molecule has 0 atom stereocenters. The van der Waals surface area contributed by atoms with Gasteiger partial charge in [0.05, 0.1) is 26.8 Å². The second-order valence-electron chi connectivity index (χ2n) is 7.18. The second kappa shape index (κ2) is 10.5.